The van der Waals surface area contributed by atoms with Gasteiger partial charge in [-0.25, -0.2) is 13.2 Å². The van der Waals surface area contributed by atoms with Crippen LogP contribution in [0.4, 0.5) is 4.79 Å². The van der Waals surface area contributed by atoms with Crippen LogP contribution in [0, 0.1) is 11.8 Å². The zero-order valence-electron chi connectivity index (χ0n) is 22.7. The maximum atomic E-state index is 13.1. The summed E-state index contributed by atoms with van der Waals surface area (Å²) in [6, 6.07) is 3.89. The van der Waals surface area contributed by atoms with E-state index in [4.69, 9.17) is 21.1 Å². The number of halogens is 1. The van der Waals surface area contributed by atoms with Crippen molar-refractivity contribution in [2.45, 2.75) is 70.1 Å². The van der Waals surface area contributed by atoms with Gasteiger partial charge in [-0.05, 0) is 63.3 Å². The van der Waals surface area contributed by atoms with Crippen LogP contribution in [0.1, 0.15) is 47.0 Å². The summed E-state index contributed by atoms with van der Waals surface area (Å²) in [5.41, 5.74) is -3.40. The predicted octanol–water partition coefficient (Wildman–Crippen LogP) is -1.48. The number of hydrogen-bond donors (Lipinski definition) is 4. The van der Waals surface area contributed by atoms with E-state index >= 15 is 0 Å². The van der Waals surface area contributed by atoms with Gasteiger partial charge in [-0.2, -0.15) is 0 Å². The summed E-state index contributed by atoms with van der Waals surface area (Å²) >= 11 is 5.87. The molecule has 39 heavy (non-hydrogen) atoms. The molecule has 0 radical (unpaired) electrons. The van der Waals surface area contributed by atoms with Gasteiger partial charge >= 0.3 is 35.7 Å². The van der Waals surface area contributed by atoms with Crippen molar-refractivity contribution in [2.24, 2.45) is 11.8 Å². The number of rotatable bonds is 13. The van der Waals surface area contributed by atoms with Gasteiger partial charge < -0.3 is 35.1 Å². The smallest absolute Gasteiger partial charge is 0.746 e. The fraction of sp³-hybridized carbons (Fsp3) is 0.625. The monoisotopic (exact) mass is 599 g/mol. The number of ether oxygens (including phenoxy) is 2. The van der Waals surface area contributed by atoms with E-state index in [9.17, 15) is 32.5 Å². The summed E-state index contributed by atoms with van der Waals surface area (Å²) in [5, 5.41) is 18.0. The summed E-state index contributed by atoms with van der Waals surface area (Å²) in [4.78, 5) is 37.6. The van der Waals surface area contributed by atoms with Gasteiger partial charge in [-0.1, -0.05) is 25.4 Å². The normalized spacial score (nSPS) is 17.8. The molecule has 0 saturated carbocycles. The first-order valence-corrected chi connectivity index (χ1v) is 14.0. The first-order valence-electron chi connectivity index (χ1n) is 12.2. The van der Waals surface area contributed by atoms with Crippen LogP contribution in [0.25, 0.3) is 0 Å². The van der Waals surface area contributed by atoms with Crippen LogP contribution in [0.3, 0.4) is 0 Å². The van der Waals surface area contributed by atoms with Gasteiger partial charge in [0.1, 0.15) is 34.1 Å². The molecule has 1 aromatic carbocycles. The fourth-order valence-electron chi connectivity index (χ4n) is 3.88. The Morgan fingerprint density at radius 2 is 1.85 bits per heavy atom. The van der Waals surface area contributed by atoms with Crippen LogP contribution in [-0.2, 0) is 24.4 Å². The summed E-state index contributed by atoms with van der Waals surface area (Å²) in [6.45, 7) is 7.17. The average molecular weight is 600 g/mol. The van der Waals surface area contributed by atoms with E-state index in [1.165, 1.54) is 0 Å². The van der Waals surface area contributed by atoms with E-state index in [0.717, 1.165) is 0 Å². The number of amides is 3. The largest absolute Gasteiger partial charge is 1.00 e. The van der Waals surface area contributed by atoms with Gasteiger partial charge in [0.05, 0.1) is 6.04 Å². The number of benzene rings is 1. The van der Waals surface area contributed by atoms with E-state index < -0.39 is 51.2 Å². The standard InChI is InChI=1S/C24H36ClN3O9S.Na/c1-14(2)11-18(28-23(32)36-13-24(3,4)37-17-7-5-16(25)6-8-17)21(30)27-19(22(31)38(33,34)35)12-15-9-10-26-20(15)29;/h5-8,14-15,18-19,22,31H,9-13H2,1-4H3,(H,26,29)(H,27,30)(H,28,32)(H,33,34,35);/q;+1/p-1/t15-,18-,19-,22?;/m0./s1. The second-order valence-electron chi connectivity index (χ2n) is 10.2. The van der Waals surface area contributed by atoms with Crippen LogP contribution in [-0.4, -0.2) is 72.3 Å². The van der Waals surface area contributed by atoms with Gasteiger partial charge in [0.25, 0.3) is 0 Å². The molecular weight excluding hydrogens is 565 g/mol. The van der Waals surface area contributed by atoms with Crippen LogP contribution >= 0.6 is 11.6 Å². The number of carbonyl (C=O) groups is 3. The van der Waals surface area contributed by atoms with Crippen molar-refractivity contribution < 1.29 is 71.5 Å². The van der Waals surface area contributed by atoms with E-state index in [1.807, 2.05) is 0 Å². The Balaban J connectivity index is 0.00000760. The molecule has 0 aromatic heterocycles. The maximum absolute atomic E-state index is 13.1. The molecule has 1 fully saturated rings. The van der Waals surface area contributed by atoms with Crippen molar-refractivity contribution in [3.63, 3.8) is 0 Å². The third-order valence-electron chi connectivity index (χ3n) is 5.74. The third kappa shape index (κ3) is 12.2. The fourth-order valence-corrected chi connectivity index (χ4v) is 4.59. The Morgan fingerprint density at radius 1 is 1.23 bits per heavy atom. The van der Waals surface area contributed by atoms with Crippen molar-refractivity contribution in [1.29, 1.82) is 0 Å². The molecule has 0 bridgehead atoms. The van der Waals surface area contributed by atoms with E-state index in [-0.39, 0.29) is 60.8 Å². The van der Waals surface area contributed by atoms with Gasteiger partial charge in [-0.15, -0.1) is 0 Å². The number of carbonyl (C=O) groups excluding carboxylic acids is 3. The summed E-state index contributed by atoms with van der Waals surface area (Å²) in [6.07, 6.45) is -0.704. The SMILES string of the molecule is CC(C)C[C@H](NC(=O)OCC(C)(C)Oc1ccc(Cl)cc1)C(=O)N[C@@H](C[C@@H]1CCNC1=O)C(O)S(=O)(=O)[O-].[Na+]. The molecule has 214 valence electrons. The molecule has 15 heteroatoms. The molecule has 3 amide bonds. The molecule has 1 saturated heterocycles. The Hall–Kier alpha value is -1.61. The maximum Gasteiger partial charge on any atom is 1.00 e. The van der Waals surface area contributed by atoms with Crippen molar-refractivity contribution in [3.8, 4) is 5.75 Å². The summed E-state index contributed by atoms with van der Waals surface area (Å²) < 4.78 is 45.6. The minimum absolute atomic E-state index is 0. The first-order chi connectivity index (χ1) is 17.6. The van der Waals surface area contributed by atoms with Crippen LogP contribution in [0.2, 0.25) is 5.02 Å². The van der Waals surface area contributed by atoms with Crippen molar-refractivity contribution >= 4 is 39.6 Å². The Morgan fingerprint density at radius 3 is 2.36 bits per heavy atom. The van der Waals surface area contributed by atoms with E-state index in [0.29, 0.717) is 23.7 Å². The molecule has 1 heterocycles. The third-order valence-corrected chi connectivity index (χ3v) is 6.92. The first kappa shape index (κ1) is 35.4. The van der Waals surface area contributed by atoms with Crippen molar-refractivity contribution in [1.82, 2.24) is 16.0 Å². The van der Waals surface area contributed by atoms with Crippen molar-refractivity contribution in [2.75, 3.05) is 13.2 Å². The second kappa shape index (κ2) is 15.4. The number of nitrogens with one attached hydrogen (secondary N) is 3. The zero-order chi connectivity index (χ0) is 28.7. The number of aliphatic hydroxyl groups is 1. The number of aliphatic hydroxyl groups excluding tert-OH is 1. The topological polar surface area (TPSA) is 183 Å². The molecule has 0 spiro atoms. The second-order valence-corrected chi connectivity index (χ2v) is 12.1. The minimum atomic E-state index is -5.21. The summed E-state index contributed by atoms with van der Waals surface area (Å²) in [5.74, 6) is -1.47. The molecular formula is C24H35ClN3NaO9S. The molecule has 2 rings (SSSR count). The Labute approximate surface area is 255 Å². The number of alkyl carbamates (subject to hydrolysis) is 1. The Kier molecular flexibility index (Phi) is 14.0. The Bertz CT molecular complexity index is 1090. The minimum Gasteiger partial charge on any atom is -0.746 e. The van der Waals surface area contributed by atoms with Gasteiger partial charge in [0.2, 0.25) is 11.8 Å². The predicted molar refractivity (Wildman–Crippen MR) is 137 cm³/mol. The van der Waals surface area contributed by atoms with Crippen LogP contribution in [0.5, 0.6) is 5.75 Å². The zero-order valence-corrected chi connectivity index (χ0v) is 26.3. The van der Waals surface area contributed by atoms with Gasteiger partial charge in [-0.3, -0.25) is 9.59 Å². The molecule has 1 unspecified atom stereocenters. The van der Waals surface area contributed by atoms with Gasteiger partial charge in [0.15, 0.2) is 5.44 Å². The summed E-state index contributed by atoms with van der Waals surface area (Å²) in [7, 11) is -5.21. The average Bonchev–Trinajstić information content (AvgIpc) is 3.21. The van der Waals surface area contributed by atoms with Crippen LogP contribution in [0.15, 0.2) is 24.3 Å². The van der Waals surface area contributed by atoms with E-state index in [2.05, 4.69) is 16.0 Å². The number of hydrogen-bond acceptors (Lipinski definition) is 9. The van der Waals surface area contributed by atoms with Crippen LogP contribution < -0.4 is 50.2 Å². The molecule has 4 atom stereocenters. The molecule has 1 aliphatic rings. The molecule has 0 aliphatic carbocycles. The quantitative estimate of drug-likeness (QED) is 0.155. The van der Waals surface area contributed by atoms with E-state index in [1.54, 1.807) is 52.0 Å². The molecule has 12 nitrogen and oxygen atoms in total. The molecule has 4 N–H and O–H groups in total. The molecule has 1 aliphatic heterocycles. The van der Waals surface area contributed by atoms with Gasteiger partial charge in [0, 0.05) is 17.5 Å². The molecule has 1 aromatic rings. The van der Waals surface area contributed by atoms with Crippen molar-refractivity contribution in [3.05, 3.63) is 29.3 Å².